The van der Waals surface area contributed by atoms with Crippen LogP contribution >= 0.6 is 23.4 Å². The number of aryl methyl sites for hydroxylation is 1. The van der Waals surface area contributed by atoms with Crippen molar-refractivity contribution in [3.8, 4) is 5.75 Å². The molecule has 0 radical (unpaired) electrons. The van der Waals surface area contributed by atoms with Gasteiger partial charge in [0.05, 0.1) is 24.8 Å². The summed E-state index contributed by atoms with van der Waals surface area (Å²) in [6, 6.07) is 4.82. The van der Waals surface area contributed by atoms with Crippen molar-refractivity contribution in [2.45, 2.75) is 255 Å². The number of aromatic nitrogens is 2. The monoisotopic (exact) mass is 2040 g/mol. The Morgan fingerprint density at radius 1 is 0.694 bits per heavy atom. The first-order valence-corrected chi connectivity index (χ1v) is 50.1. The Labute approximate surface area is 845 Å². The van der Waals surface area contributed by atoms with Crippen molar-refractivity contribution in [2.24, 2.45) is 34.8 Å². The highest BCUT2D eigenvalue weighted by molar-refractivity contribution is 8.00. The SMILES string of the molecule is CCCC[C@@H](C(=O)N(C)[C@@H](CCCC)C(=O)N[C@@H](CC(C)C)C(=O)N[C@@H](CSCC(N)=O)C(=O)NCC(N)=O)N(C)C(=O)[C@@H]1Cc2cn(c3ccccc23)CC(=O)OB(O)c2ccc(c(Cl)c2)CNC[C@H](NC(=O)[C@@H]2CCCN2C(=O)[C@H](CC(N)=O)NC(=O)[C@H](C)N(C)C(=O)CCc2ccc(O)cc2)C(=O)N[C@@H](CC(C)C)C(=O)N2C[C@H](O)C[C@H]2C(=O)N[C@@H](Cc2c[nH]c3ccccc23)C(=O)N[C@@H](CCN)C(=O)N1. The number of unbranched alkanes of at least 4 members (excludes halogenated alkanes) is 2. The van der Waals surface area contributed by atoms with E-state index in [1.165, 1.54) is 74.1 Å². The molecule has 0 unspecified atom stereocenters. The molecule has 17 amide bonds. The van der Waals surface area contributed by atoms with Crippen LogP contribution in [0.5, 0.6) is 5.75 Å². The number of primary amides is 3. The van der Waals surface area contributed by atoms with Gasteiger partial charge >= 0.3 is 13.1 Å². The van der Waals surface area contributed by atoms with E-state index in [1.807, 2.05) is 13.8 Å². The largest absolute Gasteiger partial charge is 0.562 e. The van der Waals surface area contributed by atoms with Crippen LogP contribution < -0.4 is 81.6 Å². The van der Waals surface area contributed by atoms with Crippen molar-refractivity contribution in [2.75, 3.05) is 65.4 Å². The van der Waals surface area contributed by atoms with Gasteiger partial charge in [-0.3, -0.25) is 86.3 Å². The lowest BCUT2D eigenvalue weighted by Gasteiger charge is -2.36. The van der Waals surface area contributed by atoms with Gasteiger partial charge in [0.2, 0.25) is 100 Å². The molecule has 4 aromatic carbocycles. The van der Waals surface area contributed by atoms with Gasteiger partial charge in [0.15, 0.2) is 0 Å². The fraction of sp³-hybridized carbons (Fsp3) is 0.531. The highest BCUT2D eigenvalue weighted by atomic mass is 35.5. The number of H-pyrrole nitrogens is 1. The van der Waals surface area contributed by atoms with Crippen LogP contribution in [0.25, 0.3) is 21.8 Å². The topological polar surface area (TPSA) is 638 Å². The summed E-state index contributed by atoms with van der Waals surface area (Å²) in [6.07, 6.45) is 1.65. The van der Waals surface area contributed by atoms with Crippen molar-refractivity contribution < 1.29 is 106 Å². The number of hydrogen-bond donors (Lipinski definition) is 18. The number of hydrogen-bond acceptors (Lipinski definition) is 25. The van der Waals surface area contributed by atoms with Gasteiger partial charge in [0.1, 0.15) is 90.8 Å². The maximum Gasteiger partial charge on any atom is 0.562 e. The number of nitrogens with two attached hydrogens (primary N) is 4. The number of para-hydroxylation sites is 2. The molecule has 4 bridgehead atoms. The van der Waals surface area contributed by atoms with Gasteiger partial charge in [-0.25, -0.2) is 0 Å². The molecule has 6 heterocycles. The minimum absolute atomic E-state index is 0.000644. The van der Waals surface area contributed by atoms with Crippen molar-refractivity contribution >= 4 is 164 Å². The Morgan fingerprint density at radius 3 is 2.01 bits per heavy atom. The number of nitrogens with zero attached hydrogens (tertiary/aromatic N) is 6. The molecule has 2 aromatic heterocycles. The Morgan fingerprint density at radius 2 is 1.35 bits per heavy atom. The third-order valence-corrected chi connectivity index (χ3v) is 27.1. The molecule has 0 aliphatic carbocycles. The number of rotatable bonds is 40. The van der Waals surface area contributed by atoms with Crippen LogP contribution in [0, 0.1) is 11.8 Å². The minimum Gasteiger partial charge on any atom is -0.508 e. The molecular weight excluding hydrogens is 1900 g/mol. The number of halogens is 1. The van der Waals surface area contributed by atoms with E-state index >= 15 is 43.2 Å². The zero-order valence-corrected chi connectivity index (χ0v) is 84.5. The van der Waals surface area contributed by atoms with Crippen molar-refractivity contribution in [3.05, 3.63) is 131 Å². The number of amides is 17. The highest BCUT2D eigenvalue weighted by Crippen LogP contribution is 2.30. The molecule has 4 aliphatic heterocycles. The molecular formula is C98H137BClN21O22S. The van der Waals surface area contributed by atoms with E-state index in [0.29, 0.717) is 64.2 Å². The van der Waals surface area contributed by atoms with Gasteiger partial charge in [-0.15, -0.1) is 11.8 Å². The standard InChI is InChI=1S/C98H137BClN21O22S/c1-11-13-23-77(92(135)109-69(38-54(3)4)89(132)115-75(52-144-53-83(104)126)87(130)107-48-82(103)125)117(9)98(141)79(24-14-12-2)118(10)95(138)72-41-60-49-119(76-25-18-16-21-65(60)76)51-85(128)143-99(142)61-31-30-58(66(100)42-61)45-105-47-74(114-93(136)78-26-19-37-120(78)96(139)73(44-81(102)124)111-86(129)56(7)116(8)84(127)34-29-57-27-32-62(122)33-28-57)91(134)112-71(39-55(5)6)97(140)121-50-63(123)43-80(121)94(137)110-70(90(133)108-68(35-36-101)88(131)113-72)40-59-46-106-67-22-17-15-20-64(59)67/h15-18,20-22,25,27-28,30-33,42,46,49,54-56,63,68-75,77-80,105-106,122-123,142H,11-14,19,23-24,26,29,34-41,43-45,47-48,50-53,101H2,1-10H3,(H2,102,124)(H2,103,125)(H2,104,126)(H,107,130)(H,108,133)(H,109,135)(H,110,137)(H,111,129)(H,112,134)(H,113,131)(H,114,136)(H,115,132)/t56-,63+,68-,69-,70-,71-,72-,73-,74-,75-,77-,78-,79-,80-/m0/s1. The minimum atomic E-state index is -1.96. The van der Waals surface area contributed by atoms with Crippen LogP contribution in [0.1, 0.15) is 161 Å². The fourth-order valence-electron chi connectivity index (χ4n) is 17.8. The van der Waals surface area contributed by atoms with Crippen LogP contribution in [0.2, 0.25) is 5.02 Å². The number of fused-ring (bicyclic) bond motifs is 23. The average Bonchev–Trinajstić information content (AvgIpc) is 1.63. The van der Waals surface area contributed by atoms with Crippen LogP contribution in [0.4, 0.5) is 0 Å². The Balaban J connectivity index is 1.06. The molecule has 0 spiro atoms. The zero-order chi connectivity index (χ0) is 106. The third-order valence-electron chi connectivity index (χ3n) is 25.7. The number of benzene rings is 4. The summed E-state index contributed by atoms with van der Waals surface area (Å²) in [4.78, 5) is 269. The van der Waals surface area contributed by atoms with Gasteiger partial charge < -0.3 is 130 Å². The smallest absolute Gasteiger partial charge is 0.508 e. The van der Waals surface area contributed by atoms with Crippen molar-refractivity contribution in [1.82, 2.24) is 87.2 Å². The Hall–Kier alpha value is -13.2. The van der Waals surface area contributed by atoms with Gasteiger partial charge in [-0.2, -0.15) is 0 Å². The third kappa shape index (κ3) is 32.1. The maximum absolute atomic E-state index is 16.2. The first-order valence-electron chi connectivity index (χ1n) is 48.6. The van der Waals surface area contributed by atoms with Crippen molar-refractivity contribution in [1.29, 1.82) is 0 Å². The highest BCUT2D eigenvalue weighted by Gasteiger charge is 2.47. The second-order valence-corrected chi connectivity index (χ2v) is 39.1. The molecule has 0 saturated carbocycles. The second kappa shape index (κ2) is 54.5. The summed E-state index contributed by atoms with van der Waals surface area (Å²) in [5, 5.41) is 61.6. The number of carbonyl (C=O) groups is 18. The summed E-state index contributed by atoms with van der Waals surface area (Å²) in [5.41, 5.74) is 25.6. The van der Waals surface area contributed by atoms with E-state index in [4.69, 9.17) is 39.2 Å². The van der Waals surface area contributed by atoms with Gasteiger partial charge in [0, 0.05) is 118 Å². The summed E-state index contributed by atoms with van der Waals surface area (Å²) in [7, 11) is 2.15. The van der Waals surface area contributed by atoms with E-state index in [1.54, 1.807) is 94.6 Å². The predicted molar refractivity (Wildman–Crippen MR) is 537 cm³/mol. The molecule has 6 aromatic rings. The Bertz CT molecular complexity index is 5590. The van der Waals surface area contributed by atoms with E-state index in [-0.39, 0.29) is 118 Å². The summed E-state index contributed by atoms with van der Waals surface area (Å²) < 4.78 is 7.15. The molecule has 782 valence electrons. The number of aliphatic hydroxyl groups is 1. The van der Waals surface area contributed by atoms with Gasteiger partial charge in [-0.05, 0) is 135 Å². The number of likely N-dealkylation sites (N-methyl/N-ethyl adjacent to an activating group) is 3. The lowest BCUT2D eigenvalue weighted by molar-refractivity contribution is -0.149. The normalized spacial score (nSPS) is 19.8. The molecule has 144 heavy (non-hydrogen) atoms. The van der Waals surface area contributed by atoms with E-state index in [9.17, 15) is 58.4 Å². The average molecular weight is 2040 g/mol. The van der Waals surface area contributed by atoms with Crippen molar-refractivity contribution in [3.63, 3.8) is 0 Å². The van der Waals surface area contributed by atoms with Crippen LogP contribution in [-0.2, 0) is 123 Å². The molecule has 22 N–H and O–H groups in total. The molecule has 10 rings (SSSR count). The van der Waals surface area contributed by atoms with Gasteiger partial charge in [-0.1, -0.05) is 139 Å². The number of likely N-dealkylation sites (tertiary alicyclic amines) is 1. The maximum atomic E-state index is 16.2. The summed E-state index contributed by atoms with van der Waals surface area (Å²) >= 11 is 7.89. The van der Waals surface area contributed by atoms with Crippen LogP contribution in [-0.4, -0.2) is 313 Å². The van der Waals surface area contributed by atoms with Crippen LogP contribution in [0.3, 0.4) is 0 Å². The Kier molecular flexibility index (Phi) is 43.2. The molecule has 4 aliphatic rings. The van der Waals surface area contributed by atoms with E-state index < -0.39 is 250 Å². The molecule has 46 heteroatoms. The summed E-state index contributed by atoms with van der Waals surface area (Å²) in [6.45, 7) is 9.53. The fourth-order valence-corrected chi connectivity index (χ4v) is 18.8. The first-order chi connectivity index (χ1) is 68.4. The number of thioether (sulfide) groups is 1. The first kappa shape index (κ1) is 114. The van der Waals surface area contributed by atoms with E-state index in [2.05, 4.69) is 58.2 Å². The molecule has 2 fully saturated rings. The number of phenols is 1. The number of carbonyl (C=O) groups excluding carboxylic acids is 18. The molecule has 14 atom stereocenters. The van der Waals surface area contributed by atoms with E-state index in [0.717, 1.165) is 36.9 Å². The number of aromatic hydroxyl groups is 1. The summed E-state index contributed by atoms with van der Waals surface area (Å²) in [5.74, 6) is -16.6. The lowest BCUT2D eigenvalue weighted by Crippen LogP contribution is -2.62. The quantitative estimate of drug-likeness (QED) is 0.0158. The zero-order valence-electron chi connectivity index (χ0n) is 82.9. The molecule has 2 saturated heterocycles. The number of aromatic amines is 1. The number of phenolic OH excluding ortho intramolecular Hbond substituents is 1. The van der Waals surface area contributed by atoms with Crippen LogP contribution in [0.15, 0.2) is 103 Å². The number of nitrogens with one attached hydrogen (secondary N) is 11. The predicted octanol–water partition coefficient (Wildman–Crippen LogP) is -1.22. The number of aliphatic hydroxyl groups excluding tert-OH is 1. The van der Waals surface area contributed by atoms with Gasteiger partial charge in [0.25, 0.3) is 0 Å². The lowest BCUT2D eigenvalue weighted by atomic mass is 9.79. The molecule has 43 nitrogen and oxygen atoms in total. The second-order valence-electron chi connectivity index (χ2n) is 37.7.